The topological polar surface area (TPSA) is 35.6 Å². The fourth-order valence-corrected chi connectivity index (χ4v) is 2.96. The molecule has 110 valence electrons. The maximum Gasteiger partial charge on any atom is 0.240 e. The summed E-state index contributed by atoms with van der Waals surface area (Å²) in [5, 5.41) is 3.34. The van der Waals surface area contributed by atoms with Crippen molar-refractivity contribution in [1.82, 2.24) is 15.1 Å². The number of likely N-dealkylation sites (N-methyl/N-ethyl adjacent to an activating group) is 1. The molecule has 1 fully saturated rings. The fourth-order valence-electron chi connectivity index (χ4n) is 2.96. The highest BCUT2D eigenvalue weighted by atomic mass is 16.2. The summed E-state index contributed by atoms with van der Waals surface area (Å²) in [5.74, 6) is 0.187. The van der Waals surface area contributed by atoms with E-state index in [1.807, 2.05) is 20.2 Å². The second kappa shape index (κ2) is 6.86. The standard InChI is InChI=1S/C16H25N3O/c1-4-14(13-8-6-5-7-9-13)19-11-10-17-12-15(19)16(20)18(2)3/h5-9,14-15,17H,4,10-12H2,1-3H3. The zero-order valence-corrected chi connectivity index (χ0v) is 12.7. The Balaban J connectivity index is 2.23. The zero-order valence-electron chi connectivity index (χ0n) is 12.7. The average molecular weight is 275 g/mol. The molecule has 2 atom stereocenters. The third-order valence-electron chi connectivity index (χ3n) is 3.98. The molecule has 1 aromatic rings. The van der Waals surface area contributed by atoms with Crippen molar-refractivity contribution >= 4 is 5.91 Å². The van der Waals surface area contributed by atoms with Gasteiger partial charge in [0.25, 0.3) is 0 Å². The maximum atomic E-state index is 12.4. The van der Waals surface area contributed by atoms with Gasteiger partial charge in [-0.25, -0.2) is 0 Å². The largest absolute Gasteiger partial charge is 0.347 e. The summed E-state index contributed by atoms with van der Waals surface area (Å²) in [6, 6.07) is 10.7. The number of amides is 1. The highest BCUT2D eigenvalue weighted by molar-refractivity contribution is 5.81. The molecule has 4 nitrogen and oxygen atoms in total. The van der Waals surface area contributed by atoms with E-state index in [-0.39, 0.29) is 11.9 Å². The smallest absolute Gasteiger partial charge is 0.240 e. The number of carbonyl (C=O) groups is 1. The predicted molar refractivity (Wildman–Crippen MR) is 81.5 cm³/mol. The van der Waals surface area contributed by atoms with E-state index in [4.69, 9.17) is 0 Å². The maximum absolute atomic E-state index is 12.4. The molecule has 0 bridgehead atoms. The Hall–Kier alpha value is -1.39. The van der Waals surface area contributed by atoms with E-state index in [0.29, 0.717) is 6.04 Å². The molecule has 20 heavy (non-hydrogen) atoms. The van der Waals surface area contributed by atoms with Crippen LogP contribution in [-0.2, 0) is 4.79 Å². The van der Waals surface area contributed by atoms with Crippen molar-refractivity contribution in [3.05, 3.63) is 35.9 Å². The lowest BCUT2D eigenvalue weighted by atomic mass is 9.99. The van der Waals surface area contributed by atoms with Gasteiger partial charge in [-0.05, 0) is 12.0 Å². The van der Waals surface area contributed by atoms with Crippen LogP contribution in [0.4, 0.5) is 0 Å². The number of carbonyl (C=O) groups excluding carboxylic acids is 1. The van der Waals surface area contributed by atoms with Gasteiger partial charge in [-0.2, -0.15) is 0 Å². The third-order valence-corrected chi connectivity index (χ3v) is 3.98. The van der Waals surface area contributed by atoms with Gasteiger partial charge in [0.15, 0.2) is 0 Å². The Morgan fingerprint density at radius 3 is 2.70 bits per heavy atom. The number of hydrogen-bond acceptors (Lipinski definition) is 3. The highest BCUT2D eigenvalue weighted by Crippen LogP contribution is 2.27. The van der Waals surface area contributed by atoms with Gasteiger partial charge in [-0.15, -0.1) is 0 Å². The van der Waals surface area contributed by atoms with Crippen LogP contribution in [0.2, 0.25) is 0 Å². The molecular formula is C16H25N3O. The molecule has 1 amide bonds. The summed E-state index contributed by atoms with van der Waals surface area (Å²) in [7, 11) is 3.66. The molecule has 0 spiro atoms. The monoisotopic (exact) mass is 275 g/mol. The first-order valence-corrected chi connectivity index (χ1v) is 7.37. The van der Waals surface area contributed by atoms with Crippen LogP contribution in [0.15, 0.2) is 30.3 Å². The molecule has 1 aliphatic rings. The number of piperazine rings is 1. The molecule has 4 heteroatoms. The van der Waals surface area contributed by atoms with Crippen molar-refractivity contribution in [3.63, 3.8) is 0 Å². The van der Waals surface area contributed by atoms with Crippen molar-refractivity contribution in [2.45, 2.75) is 25.4 Å². The SMILES string of the molecule is CCC(c1ccccc1)N1CCNCC1C(=O)N(C)C. The summed E-state index contributed by atoms with van der Waals surface area (Å²) in [6.45, 7) is 4.79. The molecule has 1 heterocycles. The highest BCUT2D eigenvalue weighted by Gasteiger charge is 2.34. The normalized spacial score (nSPS) is 21.4. The second-order valence-electron chi connectivity index (χ2n) is 5.53. The number of nitrogens with zero attached hydrogens (tertiary/aromatic N) is 2. The number of hydrogen-bond donors (Lipinski definition) is 1. The van der Waals surface area contributed by atoms with Gasteiger partial charge in [-0.1, -0.05) is 37.3 Å². The van der Waals surface area contributed by atoms with E-state index >= 15 is 0 Å². The minimum Gasteiger partial charge on any atom is -0.347 e. The molecule has 0 radical (unpaired) electrons. The summed E-state index contributed by atoms with van der Waals surface area (Å²) in [5.41, 5.74) is 1.30. The first-order valence-electron chi connectivity index (χ1n) is 7.37. The van der Waals surface area contributed by atoms with Crippen LogP contribution in [-0.4, -0.2) is 55.5 Å². The Kier molecular flexibility index (Phi) is 5.15. The van der Waals surface area contributed by atoms with Crippen molar-refractivity contribution in [3.8, 4) is 0 Å². The molecule has 2 rings (SSSR count). The molecular weight excluding hydrogens is 250 g/mol. The number of benzene rings is 1. The number of rotatable bonds is 4. The van der Waals surface area contributed by atoms with Gasteiger partial charge >= 0.3 is 0 Å². The molecule has 1 aliphatic heterocycles. The minimum absolute atomic E-state index is 0.0658. The van der Waals surface area contributed by atoms with Gasteiger partial charge < -0.3 is 10.2 Å². The lowest BCUT2D eigenvalue weighted by Gasteiger charge is -2.41. The van der Waals surface area contributed by atoms with Crippen LogP contribution in [0.5, 0.6) is 0 Å². The molecule has 1 aromatic carbocycles. The van der Waals surface area contributed by atoms with E-state index in [2.05, 4.69) is 41.4 Å². The lowest BCUT2D eigenvalue weighted by molar-refractivity contribution is -0.136. The Morgan fingerprint density at radius 1 is 1.40 bits per heavy atom. The Bertz CT molecular complexity index is 433. The lowest BCUT2D eigenvalue weighted by Crippen LogP contribution is -2.58. The van der Waals surface area contributed by atoms with E-state index in [1.165, 1.54) is 5.56 Å². The predicted octanol–water partition coefficient (Wildman–Crippen LogP) is 1.50. The fraction of sp³-hybridized carbons (Fsp3) is 0.562. The van der Waals surface area contributed by atoms with Crippen molar-refractivity contribution in [2.24, 2.45) is 0 Å². The summed E-state index contributed by atoms with van der Waals surface area (Å²) in [4.78, 5) is 16.5. The zero-order chi connectivity index (χ0) is 14.5. The average Bonchev–Trinajstić information content (AvgIpc) is 2.49. The first-order chi connectivity index (χ1) is 9.65. The number of nitrogens with one attached hydrogen (secondary N) is 1. The molecule has 0 aliphatic carbocycles. The molecule has 0 aromatic heterocycles. The van der Waals surface area contributed by atoms with Gasteiger partial charge in [0, 0.05) is 39.8 Å². The summed E-state index contributed by atoms with van der Waals surface area (Å²) >= 11 is 0. The van der Waals surface area contributed by atoms with E-state index in [0.717, 1.165) is 26.1 Å². The van der Waals surface area contributed by atoms with Gasteiger partial charge in [0.2, 0.25) is 5.91 Å². The van der Waals surface area contributed by atoms with Crippen molar-refractivity contribution < 1.29 is 4.79 Å². The second-order valence-corrected chi connectivity index (χ2v) is 5.53. The third kappa shape index (κ3) is 3.19. The Labute approximate surface area is 121 Å². The summed E-state index contributed by atoms with van der Waals surface area (Å²) in [6.07, 6.45) is 1.02. The molecule has 0 saturated carbocycles. The molecule has 1 saturated heterocycles. The van der Waals surface area contributed by atoms with Crippen LogP contribution in [0, 0.1) is 0 Å². The van der Waals surface area contributed by atoms with Crippen LogP contribution in [0.25, 0.3) is 0 Å². The van der Waals surface area contributed by atoms with Crippen LogP contribution in [0.1, 0.15) is 24.9 Å². The molecule has 2 unspecified atom stereocenters. The van der Waals surface area contributed by atoms with Crippen LogP contribution >= 0.6 is 0 Å². The van der Waals surface area contributed by atoms with E-state index in [1.54, 1.807) is 4.90 Å². The summed E-state index contributed by atoms with van der Waals surface area (Å²) < 4.78 is 0. The first kappa shape index (κ1) is 15.0. The van der Waals surface area contributed by atoms with E-state index in [9.17, 15) is 4.79 Å². The Morgan fingerprint density at radius 2 is 2.10 bits per heavy atom. The quantitative estimate of drug-likeness (QED) is 0.904. The minimum atomic E-state index is -0.0658. The van der Waals surface area contributed by atoms with Gasteiger partial charge in [0.05, 0.1) is 0 Å². The van der Waals surface area contributed by atoms with Crippen molar-refractivity contribution in [1.29, 1.82) is 0 Å². The molecule has 1 N–H and O–H groups in total. The van der Waals surface area contributed by atoms with Gasteiger partial charge in [0.1, 0.15) is 6.04 Å². The van der Waals surface area contributed by atoms with Crippen molar-refractivity contribution in [2.75, 3.05) is 33.7 Å². The van der Waals surface area contributed by atoms with E-state index < -0.39 is 0 Å². The van der Waals surface area contributed by atoms with Crippen LogP contribution < -0.4 is 5.32 Å². The van der Waals surface area contributed by atoms with Gasteiger partial charge in [-0.3, -0.25) is 9.69 Å². The van der Waals surface area contributed by atoms with Crippen LogP contribution in [0.3, 0.4) is 0 Å².